The van der Waals surface area contributed by atoms with E-state index in [4.69, 9.17) is 0 Å². The number of aliphatic hydroxyl groups excluding tert-OH is 1. The molecule has 1 unspecified atom stereocenters. The number of thiazole rings is 1. The van der Waals surface area contributed by atoms with Crippen molar-refractivity contribution < 1.29 is 14.7 Å². The van der Waals surface area contributed by atoms with Crippen molar-refractivity contribution in [2.24, 2.45) is 0 Å². The van der Waals surface area contributed by atoms with Crippen LogP contribution >= 0.6 is 11.3 Å². The SMILES string of the molecule is Cc1nc(C)c(C(=O)C2=C(O)C(=O)N(CCN3CCCC3)C2c2ccccc2)s1. The molecule has 7 heteroatoms. The van der Waals surface area contributed by atoms with Gasteiger partial charge in [0.25, 0.3) is 5.91 Å². The number of carbonyl (C=O) groups excluding carboxylic acids is 2. The molecule has 0 spiro atoms. The first kappa shape index (κ1) is 19.8. The lowest BCUT2D eigenvalue weighted by Gasteiger charge is -2.28. The summed E-state index contributed by atoms with van der Waals surface area (Å²) in [6.45, 7) is 6.90. The van der Waals surface area contributed by atoms with Gasteiger partial charge in [-0.25, -0.2) is 4.98 Å². The number of hydrogen-bond acceptors (Lipinski definition) is 6. The Balaban J connectivity index is 1.70. The lowest BCUT2D eigenvalue weighted by molar-refractivity contribution is -0.129. The predicted octanol–water partition coefficient (Wildman–Crippen LogP) is 3.43. The standard InChI is InChI=1S/C22H25N3O3S/c1-14-21(29-15(2)23-14)19(26)17-18(16-8-4-3-5-9-16)25(22(28)20(17)27)13-12-24-10-6-7-11-24/h3-5,8-9,18,27H,6-7,10-13H2,1-2H3. The van der Waals surface area contributed by atoms with Gasteiger partial charge >= 0.3 is 0 Å². The number of ketones is 1. The third-order valence-corrected chi connectivity index (χ3v) is 6.70. The number of aromatic nitrogens is 1. The van der Waals surface area contributed by atoms with E-state index in [0.717, 1.165) is 30.2 Å². The van der Waals surface area contributed by atoms with Gasteiger partial charge in [0.05, 0.1) is 27.2 Å². The first-order valence-corrected chi connectivity index (χ1v) is 10.8. The predicted molar refractivity (Wildman–Crippen MR) is 112 cm³/mol. The summed E-state index contributed by atoms with van der Waals surface area (Å²) in [4.78, 5) is 35.1. The Kier molecular flexibility index (Phi) is 5.52. The maximum absolute atomic E-state index is 13.4. The summed E-state index contributed by atoms with van der Waals surface area (Å²) in [6, 6.07) is 8.89. The summed E-state index contributed by atoms with van der Waals surface area (Å²) in [5, 5.41) is 11.5. The fourth-order valence-corrected chi connectivity index (χ4v) is 5.09. The van der Waals surface area contributed by atoms with Crippen LogP contribution in [0.2, 0.25) is 0 Å². The molecular formula is C22H25N3O3S. The summed E-state index contributed by atoms with van der Waals surface area (Å²) in [6.07, 6.45) is 2.35. The highest BCUT2D eigenvalue weighted by atomic mass is 32.1. The summed E-state index contributed by atoms with van der Waals surface area (Å²) in [5.74, 6) is -1.22. The summed E-state index contributed by atoms with van der Waals surface area (Å²) in [7, 11) is 0. The number of amides is 1. The molecule has 0 bridgehead atoms. The van der Waals surface area contributed by atoms with Crippen LogP contribution in [-0.2, 0) is 4.79 Å². The third kappa shape index (κ3) is 3.72. The number of aryl methyl sites for hydroxylation is 2. The van der Waals surface area contributed by atoms with Gasteiger partial charge in [-0.1, -0.05) is 30.3 Å². The highest BCUT2D eigenvalue weighted by Gasteiger charge is 2.44. The van der Waals surface area contributed by atoms with Gasteiger partial charge < -0.3 is 14.9 Å². The Morgan fingerprint density at radius 1 is 1.17 bits per heavy atom. The number of hydrogen-bond donors (Lipinski definition) is 1. The average Bonchev–Trinajstić information content (AvgIpc) is 3.41. The van der Waals surface area contributed by atoms with Gasteiger partial charge in [-0.3, -0.25) is 9.59 Å². The minimum atomic E-state index is -0.583. The van der Waals surface area contributed by atoms with Crippen molar-refractivity contribution in [1.29, 1.82) is 0 Å². The van der Waals surface area contributed by atoms with Gasteiger partial charge in [-0.05, 0) is 45.3 Å². The largest absolute Gasteiger partial charge is 0.503 e. The molecule has 152 valence electrons. The monoisotopic (exact) mass is 411 g/mol. The molecule has 2 aliphatic rings. The van der Waals surface area contributed by atoms with Crippen LogP contribution in [0, 0.1) is 13.8 Å². The summed E-state index contributed by atoms with van der Waals surface area (Å²) >= 11 is 1.30. The minimum Gasteiger partial charge on any atom is -0.503 e. The summed E-state index contributed by atoms with van der Waals surface area (Å²) < 4.78 is 0. The van der Waals surface area contributed by atoms with Gasteiger partial charge in [0, 0.05) is 13.1 Å². The van der Waals surface area contributed by atoms with E-state index >= 15 is 0 Å². The van der Waals surface area contributed by atoms with E-state index in [1.807, 2.05) is 37.3 Å². The number of likely N-dealkylation sites (tertiary alicyclic amines) is 1. The average molecular weight is 412 g/mol. The van der Waals surface area contributed by atoms with E-state index in [1.165, 1.54) is 24.2 Å². The van der Waals surface area contributed by atoms with Crippen LogP contribution in [0.3, 0.4) is 0 Å². The maximum atomic E-state index is 13.4. The number of Topliss-reactive ketones (excluding diaryl/α,β-unsaturated/α-hetero) is 1. The molecule has 1 saturated heterocycles. The van der Waals surface area contributed by atoms with Gasteiger partial charge in [-0.15, -0.1) is 11.3 Å². The fraction of sp³-hybridized carbons (Fsp3) is 0.409. The Hall–Kier alpha value is -2.51. The molecule has 1 aromatic heterocycles. The molecule has 0 aliphatic carbocycles. The second kappa shape index (κ2) is 8.08. The van der Waals surface area contributed by atoms with Crippen molar-refractivity contribution in [1.82, 2.24) is 14.8 Å². The normalized spacial score (nSPS) is 20.1. The van der Waals surface area contributed by atoms with E-state index in [0.29, 0.717) is 17.1 Å². The van der Waals surface area contributed by atoms with E-state index in [9.17, 15) is 14.7 Å². The van der Waals surface area contributed by atoms with Crippen LogP contribution in [0.25, 0.3) is 0 Å². The lowest BCUT2D eigenvalue weighted by atomic mass is 9.95. The zero-order valence-electron chi connectivity index (χ0n) is 16.7. The molecular weight excluding hydrogens is 386 g/mol. The first-order chi connectivity index (χ1) is 14.0. The first-order valence-electron chi connectivity index (χ1n) is 9.97. The zero-order chi connectivity index (χ0) is 20.5. The van der Waals surface area contributed by atoms with Crippen LogP contribution in [-0.4, -0.2) is 57.8 Å². The number of carbonyl (C=O) groups is 2. The summed E-state index contributed by atoms with van der Waals surface area (Å²) in [5.41, 5.74) is 1.62. The van der Waals surface area contributed by atoms with Gasteiger partial charge in [-0.2, -0.15) is 0 Å². The molecule has 1 fully saturated rings. The van der Waals surface area contributed by atoms with Gasteiger partial charge in [0.2, 0.25) is 5.78 Å². The highest BCUT2D eigenvalue weighted by Crippen LogP contribution is 2.39. The Labute approximate surface area is 174 Å². The molecule has 0 saturated carbocycles. The smallest absolute Gasteiger partial charge is 0.290 e. The zero-order valence-corrected chi connectivity index (χ0v) is 17.5. The number of aliphatic hydroxyl groups is 1. The third-order valence-electron chi connectivity index (χ3n) is 5.63. The van der Waals surface area contributed by atoms with E-state index < -0.39 is 17.7 Å². The maximum Gasteiger partial charge on any atom is 0.290 e. The number of nitrogens with zero attached hydrogens (tertiary/aromatic N) is 3. The Morgan fingerprint density at radius 2 is 1.86 bits per heavy atom. The van der Waals surface area contributed by atoms with Crippen molar-refractivity contribution in [3.8, 4) is 0 Å². The topological polar surface area (TPSA) is 73.7 Å². The van der Waals surface area contributed by atoms with Crippen LogP contribution in [0.1, 0.15) is 44.8 Å². The van der Waals surface area contributed by atoms with Crippen molar-refractivity contribution in [3.63, 3.8) is 0 Å². The number of benzene rings is 1. The molecule has 29 heavy (non-hydrogen) atoms. The second-order valence-corrected chi connectivity index (χ2v) is 8.80. The van der Waals surface area contributed by atoms with Crippen LogP contribution in [0.5, 0.6) is 0 Å². The minimum absolute atomic E-state index is 0.161. The van der Waals surface area contributed by atoms with Crippen molar-refractivity contribution >= 4 is 23.0 Å². The molecule has 1 amide bonds. The highest BCUT2D eigenvalue weighted by molar-refractivity contribution is 7.14. The van der Waals surface area contributed by atoms with Crippen molar-refractivity contribution in [2.75, 3.05) is 26.2 Å². The molecule has 1 N–H and O–H groups in total. The lowest BCUT2D eigenvalue weighted by Crippen LogP contribution is -2.37. The number of rotatable bonds is 6. The van der Waals surface area contributed by atoms with Crippen LogP contribution in [0.4, 0.5) is 0 Å². The Bertz CT molecular complexity index is 961. The van der Waals surface area contributed by atoms with Gasteiger partial charge in [0.1, 0.15) is 0 Å². The van der Waals surface area contributed by atoms with Crippen LogP contribution in [0.15, 0.2) is 41.7 Å². The molecule has 0 radical (unpaired) electrons. The molecule has 1 atom stereocenters. The molecule has 4 rings (SSSR count). The van der Waals surface area contributed by atoms with Crippen molar-refractivity contribution in [3.05, 3.63) is 62.8 Å². The molecule has 2 aliphatic heterocycles. The van der Waals surface area contributed by atoms with Gasteiger partial charge in [0.15, 0.2) is 5.76 Å². The Morgan fingerprint density at radius 3 is 2.48 bits per heavy atom. The molecule has 6 nitrogen and oxygen atoms in total. The van der Waals surface area contributed by atoms with E-state index in [2.05, 4.69) is 9.88 Å². The molecule has 2 aromatic rings. The van der Waals surface area contributed by atoms with E-state index in [1.54, 1.807) is 11.8 Å². The quantitative estimate of drug-likeness (QED) is 0.737. The fourth-order valence-electron chi connectivity index (χ4n) is 4.22. The van der Waals surface area contributed by atoms with Crippen molar-refractivity contribution in [2.45, 2.75) is 32.7 Å². The van der Waals surface area contributed by atoms with Crippen LogP contribution < -0.4 is 0 Å². The second-order valence-electron chi connectivity index (χ2n) is 7.60. The molecule has 3 heterocycles. The molecule has 1 aromatic carbocycles. The van der Waals surface area contributed by atoms with E-state index in [-0.39, 0.29) is 11.4 Å².